The highest BCUT2D eigenvalue weighted by Gasteiger charge is 2.18. The van der Waals surface area contributed by atoms with Crippen LogP contribution in [0.25, 0.3) is 97.4 Å². The van der Waals surface area contributed by atoms with E-state index in [1.54, 1.807) is 0 Å². The second-order valence-electron chi connectivity index (χ2n) is 14.8. The molecule has 0 atom stereocenters. The van der Waals surface area contributed by atoms with Crippen molar-refractivity contribution in [2.24, 2.45) is 0 Å². The van der Waals surface area contributed by atoms with Crippen LogP contribution < -0.4 is 4.90 Å². The van der Waals surface area contributed by atoms with Crippen LogP contribution in [0, 0.1) is 0 Å². The summed E-state index contributed by atoms with van der Waals surface area (Å²) in [6, 6.07) is 71.4. The van der Waals surface area contributed by atoms with Crippen molar-refractivity contribution in [2.45, 2.75) is 0 Å². The van der Waals surface area contributed by atoms with Crippen molar-refractivity contribution in [3.8, 4) is 33.4 Å². The fourth-order valence-corrected chi connectivity index (χ4v) is 9.95. The van der Waals surface area contributed by atoms with Gasteiger partial charge in [-0.2, -0.15) is 0 Å². The number of hydrogen-bond donors (Lipinski definition) is 0. The van der Waals surface area contributed by atoms with Crippen LogP contribution in [0.3, 0.4) is 0 Å². The summed E-state index contributed by atoms with van der Waals surface area (Å²) >= 11 is 1.87. The predicted octanol–water partition coefficient (Wildman–Crippen LogP) is 16.3. The highest BCUT2D eigenvalue weighted by atomic mass is 32.1. The Labute approximate surface area is 338 Å². The van der Waals surface area contributed by atoms with Gasteiger partial charge in [-0.3, -0.25) is 0 Å². The molecule has 272 valence electrons. The first kappa shape index (κ1) is 32.8. The number of para-hydroxylation sites is 3. The zero-order valence-corrected chi connectivity index (χ0v) is 32.0. The number of benzene rings is 9. The predicted molar refractivity (Wildman–Crippen MR) is 245 cm³/mol. The van der Waals surface area contributed by atoms with E-state index in [2.05, 4.69) is 181 Å². The molecule has 3 nitrogen and oxygen atoms in total. The highest BCUT2D eigenvalue weighted by molar-refractivity contribution is 7.26. The van der Waals surface area contributed by atoms with Gasteiger partial charge in [-0.1, -0.05) is 140 Å². The molecule has 3 aromatic heterocycles. The van der Waals surface area contributed by atoms with Crippen LogP contribution in [-0.4, -0.2) is 0 Å². The Morgan fingerprint density at radius 1 is 0.328 bits per heavy atom. The van der Waals surface area contributed by atoms with Crippen molar-refractivity contribution in [3.63, 3.8) is 0 Å². The van der Waals surface area contributed by atoms with E-state index in [0.29, 0.717) is 0 Å². The summed E-state index contributed by atoms with van der Waals surface area (Å²) < 4.78 is 15.5. The zero-order valence-electron chi connectivity index (χ0n) is 31.2. The third-order valence-corrected chi connectivity index (χ3v) is 12.7. The average Bonchev–Trinajstić information content (AvgIpc) is 3.98. The third kappa shape index (κ3) is 5.27. The largest absolute Gasteiger partial charge is 0.456 e. The summed E-state index contributed by atoms with van der Waals surface area (Å²) in [6.45, 7) is 0. The molecule has 0 radical (unpaired) electrons. The minimum absolute atomic E-state index is 0.856. The molecule has 0 unspecified atom stereocenters. The Morgan fingerprint density at radius 3 is 1.71 bits per heavy atom. The fourth-order valence-electron chi connectivity index (χ4n) is 8.71. The molecule has 12 rings (SSSR count). The van der Waals surface area contributed by atoms with E-state index in [4.69, 9.17) is 8.83 Å². The van der Waals surface area contributed by atoms with E-state index < -0.39 is 0 Å². The van der Waals surface area contributed by atoms with E-state index >= 15 is 0 Å². The summed E-state index contributed by atoms with van der Waals surface area (Å²) in [6.07, 6.45) is 0. The molecule has 0 amide bonds. The van der Waals surface area contributed by atoms with Crippen LogP contribution in [0.5, 0.6) is 0 Å². The lowest BCUT2D eigenvalue weighted by molar-refractivity contribution is 0.669. The van der Waals surface area contributed by atoms with Gasteiger partial charge in [-0.15, -0.1) is 11.3 Å². The molecule has 3 heterocycles. The van der Waals surface area contributed by atoms with Gasteiger partial charge in [0.2, 0.25) is 0 Å². The molecule has 9 aromatic carbocycles. The van der Waals surface area contributed by atoms with Crippen molar-refractivity contribution in [3.05, 3.63) is 200 Å². The van der Waals surface area contributed by atoms with E-state index in [1.165, 1.54) is 36.9 Å². The molecular formula is C54H33NO2S. The quantitative estimate of drug-likeness (QED) is 0.169. The molecule has 0 spiro atoms. The number of hydrogen-bond acceptors (Lipinski definition) is 4. The van der Waals surface area contributed by atoms with E-state index in [-0.39, 0.29) is 0 Å². The normalized spacial score (nSPS) is 11.8. The molecule has 0 aliphatic carbocycles. The number of nitrogens with zero attached hydrogens (tertiary/aromatic N) is 1. The van der Waals surface area contributed by atoms with Crippen LogP contribution in [0.4, 0.5) is 17.1 Å². The second kappa shape index (κ2) is 13.1. The van der Waals surface area contributed by atoms with Crippen molar-refractivity contribution >= 4 is 92.4 Å². The maximum Gasteiger partial charge on any atom is 0.143 e. The van der Waals surface area contributed by atoms with Crippen LogP contribution in [0.15, 0.2) is 209 Å². The highest BCUT2D eigenvalue weighted by Crippen LogP contribution is 2.43. The van der Waals surface area contributed by atoms with E-state index in [0.717, 1.165) is 77.6 Å². The Bertz CT molecular complexity index is 3520. The average molecular weight is 760 g/mol. The van der Waals surface area contributed by atoms with Gasteiger partial charge in [0.25, 0.3) is 0 Å². The van der Waals surface area contributed by atoms with Gasteiger partial charge in [-0.25, -0.2) is 0 Å². The summed E-state index contributed by atoms with van der Waals surface area (Å²) in [5, 5.41) is 7.10. The van der Waals surface area contributed by atoms with Gasteiger partial charge < -0.3 is 13.7 Å². The molecule has 58 heavy (non-hydrogen) atoms. The molecule has 0 saturated heterocycles. The number of fused-ring (bicyclic) bond motifs is 9. The summed E-state index contributed by atoms with van der Waals surface area (Å²) in [7, 11) is 0. The van der Waals surface area contributed by atoms with E-state index in [1.807, 2.05) is 35.6 Å². The van der Waals surface area contributed by atoms with Gasteiger partial charge in [0.1, 0.15) is 22.3 Å². The number of rotatable bonds is 6. The molecule has 0 aliphatic heterocycles. The fraction of sp³-hybridized carbons (Fsp3) is 0. The first-order valence-electron chi connectivity index (χ1n) is 19.6. The standard InChI is InChI=1S/C54H33NO2S/c1-4-19-49-43(12-1)45-31-30-40(33-51(45)56-49)55(39-11-7-10-37(32-39)41-15-8-17-47-44-13-2-5-20-50(44)57-53(41)47)38-28-26-35(27-29-38)34-22-24-36(25-23-34)42-16-9-18-48-46-14-3-6-21-52(46)58-54(42)48/h1-33H. The van der Waals surface area contributed by atoms with Gasteiger partial charge in [0, 0.05) is 70.4 Å². The van der Waals surface area contributed by atoms with Crippen molar-refractivity contribution < 1.29 is 8.83 Å². The lowest BCUT2D eigenvalue weighted by atomic mass is 9.98. The van der Waals surface area contributed by atoms with Crippen LogP contribution >= 0.6 is 11.3 Å². The van der Waals surface area contributed by atoms with E-state index in [9.17, 15) is 0 Å². The first-order chi connectivity index (χ1) is 28.7. The Kier molecular flexibility index (Phi) is 7.40. The molecule has 0 aliphatic rings. The molecular weight excluding hydrogens is 727 g/mol. The van der Waals surface area contributed by atoms with Gasteiger partial charge in [-0.05, 0) is 82.4 Å². The minimum Gasteiger partial charge on any atom is -0.456 e. The topological polar surface area (TPSA) is 29.5 Å². The third-order valence-electron chi connectivity index (χ3n) is 11.5. The second-order valence-corrected chi connectivity index (χ2v) is 15.9. The van der Waals surface area contributed by atoms with Crippen LogP contribution in [0.2, 0.25) is 0 Å². The lowest BCUT2D eigenvalue weighted by Crippen LogP contribution is -2.10. The van der Waals surface area contributed by atoms with Crippen molar-refractivity contribution in [1.82, 2.24) is 0 Å². The minimum atomic E-state index is 0.856. The summed E-state index contributed by atoms with van der Waals surface area (Å²) in [5.74, 6) is 0. The van der Waals surface area contributed by atoms with Crippen molar-refractivity contribution in [2.75, 3.05) is 4.90 Å². The van der Waals surface area contributed by atoms with Crippen molar-refractivity contribution in [1.29, 1.82) is 0 Å². The Morgan fingerprint density at radius 2 is 0.897 bits per heavy atom. The molecule has 4 heteroatoms. The monoisotopic (exact) mass is 759 g/mol. The summed E-state index contributed by atoms with van der Waals surface area (Å²) in [5.41, 5.74) is 13.6. The first-order valence-corrected chi connectivity index (χ1v) is 20.4. The number of thiophene rings is 1. The number of anilines is 3. The maximum atomic E-state index is 6.48. The number of furan rings is 2. The summed E-state index contributed by atoms with van der Waals surface area (Å²) in [4.78, 5) is 2.31. The van der Waals surface area contributed by atoms with Gasteiger partial charge >= 0.3 is 0 Å². The van der Waals surface area contributed by atoms with Crippen LogP contribution in [0.1, 0.15) is 0 Å². The molecule has 0 saturated carbocycles. The molecule has 0 fully saturated rings. The zero-order chi connectivity index (χ0) is 38.2. The maximum absolute atomic E-state index is 6.48. The Hall–Kier alpha value is -7.40. The Balaban J connectivity index is 0.942. The molecule has 0 bridgehead atoms. The lowest BCUT2D eigenvalue weighted by Gasteiger charge is -2.26. The molecule has 12 aromatic rings. The molecule has 0 N–H and O–H groups in total. The SMILES string of the molecule is c1cc(-c2cccc3c2oc2ccccc23)cc(N(c2ccc(-c3ccc(-c4cccc5c4sc4ccccc45)cc3)cc2)c2ccc3c(c2)oc2ccccc23)c1. The smallest absolute Gasteiger partial charge is 0.143 e. The van der Waals surface area contributed by atoms with Crippen LogP contribution in [-0.2, 0) is 0 Å². The van der Waals surface area contributed by atoms with Gasteiger partial charge in [0.05, 0.1) is 0 Å². The van der Waals surface area contributed by atoms with Gasteiger partial charge in [0.15, 0.2) is 0 Å².